The Morgan fingerprint density at radius 1 is 1.17 bits per heavy atom. The van der Waals surface area contributed by atoms with Gasteiger partial charge in [-0.1, -0.05) is 12.1 Å². The molecule has 1 aliphatic heterocycles. The molecule has 1 aromatic carbocycles. The van der Waals surface area contributed by atoms with E-state index in [1.54, 1.807) is 23.5 Å². The van der Waals surface area contributed by atoms with Crippen molar-refractivity contribution in [3.8, 4) is 5.75 Å². The summed E-state index contributed by atoms with van der Waals surface area (Å²) in [6, 6.07) is 9.54. The average molecular weight is 344 g/mol. The Kier molecular flexibility index (Phi) is 5.88. The van der Waals surface area contributed by atoms with E-state index in [2.05, 4.69) is 27.0 Å². The first-order chi connectivity index (χ1) is 11.7. The molecule has 128 valence electrons. The maximum atomic E-state index is 12.1. The van der Waals surface area contributed by atoms with Crippen LogP contribution in [0.25, 0.3) is 0 Å². The van der Waals surface area contributed by atoms with Crippen LogP contribution in [0, 0.1) is 0 Å². The molecule has 0 atom stereocenters. The fraction of sp³-hybridized carbons (Fsp3) is 0.421. The van der Waals surface area contributed by atoms with E-state index >= 15 is 0 Å². The van der Waals surface area contributed by atoms with E-state index in [0.29, 0.717) is 18.9 Å². The molecule has 1 amide bonds. The van der Waals surface area contributed by atoms with E-state index in [4.69, 9.17) is 0 Å². The zero-order valence-corrected chi connectivity index (χ0v) is 14.6. The summed E-state index contributed by atoms with van der Waals surface area (Å²) in [5, 5.41) is 16.8. The third-order valence-corrected chi connectivity index (χ3v) is 5.25. The van der Waals surface area contributed by atoms with E-state index in [-0.39, 0.29) is 11.7 Å². The van der Waals surface area contributed by atoms with E-state index in [0.717, 1.165) is 38.0 Å². The maximum Gasteiger partial charge on any atom is 0.220 e. The number of rotatable bonds is 6. The molecule has 3 rings (SSSR count). The largest absolute Gasteiger partial charge is 0.508 e. The van der Waals surface area contributed by atoms with Gasteiger partial charge in [-0.15, -0.1) is 0 Å². The summed E-state index contributed by atoms with van der Waals surface area (Å²) in [6.07, 6.45) is 3.26. The van der Waals surface area contributed by atoms with Crippen molar-refractivity contribution in [2.75, 3.05) is 13.1 Å². The number of benzene rings is 1. The Labute approximate surface area is 147 Å². The number of aromatic hydroxyl groups is 1. The summed E-state index contributed by atoms with van der Waals surface area (Å²) in [5.74, 6) is 0.386. The van der Waals surface area contributed by atoms with Crippen LogP contribution in [-0.4, -0.2) is 35.0 Å². The van der Waals surface area contributed by atoms with Crippen LogP contribution in [0.1, 0.15) is 30.4 Å². The van der Waals surface area contributed by atoms with Gasteiger partial charge in [0.05, 0.1) is 0 Å². The number of carbonyl (C=O) groups excluding carboxylic acids is 1. The number of carbonyl (C=O) groups is 1. The second kappa shape index (κ2) is 8.31. The molecular formula is C19H24N2O2S. The summed E-state index contributed by atoms with van der Waals surface area (Å²) in [5.41, 5.74) is 2.46. The van der Waals surface area contributed by atoms with Gasteiger partial charge in [0.25, 0.3) is 0 Å². The molecule has 0 bridgehead atoms. The van der Waals surface area contributed by atoms with Crippen LogP contribution in [0.5, 0.6) is 5.75 Å². The second-order valence-corrected chi connectivity index (χ2v) is 7.20. The normalized spacial score (nSPS) is 16.2. The topological polar surface area (TPSA) is 52.6 Å². The first-order valence-electron chi connectivity index (χ1n) is 8.50. The summed E-state index contributed by atoms with van der Waals surface area (Å²) >= 11 is 1.74. The molecule has 0 spiro atoms. The van der Waals surface area contributed by atoms with Crippen molar-refractivity contribution in [1.82, 2.24) is 10.2 Å². The van der Waals surface area contributed by atoms with Gasteiger partial charge in [-0.25, -0.2) is 0 Å². The summed E-state index contributed by atoms with van der Waals surface area (Å²) < 4.78 is 0. The molecule has 2 N–H and O–H groups in total. The highest BCUT2D eigenvalue weighted by molar-refractivity contribution is 7.07. The standard InChI is InChI=1S/C19H24N2O2S/c22-18-4-1-15(2-5-18)3-6-19(23)20-17-7-10-21(11-8-17)13-16-9-12-24-14-16/h1-2,4-5,9,12,14,17,22H,3,6-8,10-11,13H2,(H,20,23). The number of piperidine rings is 1. The van der Waals surface area contributed by atoms with Crippen molar-refractivity contribution < 1.29 is 9.90 Å². The SMILES string of the molecule is O=C(CCc1ccc(O)cc1)NC1CCN(Cc2ccsc2)CC1. The molecule has 1 aromatic heterocycles. The summed E-state index contributed by atoms with van der Waals surface area (Å²) in [6.45, 7) is 3.10. The van der Waals surface area contributed by atoms with Crippen LogP contribution >= 0.6 is 11.3 Å². The van der Waals surface area contributed by atoms with E-state index in [1.807, 2.05) is 12.1 Å². The lowest BCUT2D eigenvalue weighted by atomic mass is 10.0. The lowest BCUT2D eigenvalue weighted by molar-refractivity contribution is -0.122. The molecule has 0 saturated carbocycles. The molecule has 24 heavy (non-hydrogen) atoms. The Bertz CT molecular complexity index is 632. The van der Waals surface area contributed by atoms with Crippen LogP contribution < -0.4 is 5.32 Å². The number of hydrogen-bond donors (Lipinski definition) is 2. The van der Waals surface area contributed by atoms with Crippen molar-refractivity contribution in [1.29, 1.82) is 0 Å². The highest BCUT2D eigenvalue weighted by atomic mass is 32.1. The van der Waals surface area contributed by atoms with Gasteiger partial charge in [0, 0.05) is 32.1 Å². The molecule has 0 aliphatic carbocycles. The van der Waals surface area contributed by atoms with Gasteiger partial charge in [-0.2, -0.15) is 11.3 Å². The van der Waals surface area contributed by atoms with E-state index in [9.17, 15) is 9.90 Å². The Hall–Kier alpha value is -1.85. The number of phenols is 1. The molecule has 5 heteroatoms. The molecule has 1 saturated heterocycles. The number of hydrogen-bond acceptors (Lipinski definition) is 4. The molecule has 4 nitrogen and oxygen atoms in total. The highest BCUT2D eigenvalue weighted by Gasteiger charge is 2.20. The number of amides is 1. The first kappa shape index (κ1) is 17.0. The molecule has 2 aromatic rings. The van der Waals surface area contributed by atoms with E-state index < -0.39 is 0 Å². The minimum Gasteiger partial charge on any atom is -0.508 e. The number of nitrogens with zero attached hydrogens (tertiary/aromatic N) is 1. The van der Waals surface area contributed by atoms with Crippen molar-refractivity contribution in [3.05, 3.63) is 52.2 Å². The minimum absolute atomic E-state index is 0.124. The fourth-order valence-electron chi connectivity index (χ4n) is 3.10. The maximum absolute atomic E-state index is 12.1. The molecule has 2 heterocycles. The number of likely N-dealkylation sites (tertiary alicyclic amines) is 1. The van der Waals surface area contributed by atoms with Crippen LogP contribution in [0.15, 0.2) is 41.1 Å². The first-order valence-corrected chi connectivity index (χ1v) is 9.44. The molecular weight excluding hydrogens is 320 g/mol. The number of thiophene rings is 1. The second-order valence-electron chi connectivity index (χ2n) is 6.42. The zero-order chi connectivity index (χ0) is 16.8. The van der Waals surface area contributed by atoms with Crippen molar-refractivity contribution in [3.63, 3.8) is 0 Å². The predicted molar refractivity (Wildman–Crippen MR) is 97.2 cm³/mol. The van der Waals surface area contributed by atoms with Gasteiger partial charge in [-0.05, 0) is 59.3 Å². The van der Waals surface area contributed by atoms with Crippen LogP contribution in [0.3, 0.4) is 0 Å². The molecule has 1 aliphatic rings. The minimum atomic E-state index is 0.124. The van der Waals surface area contributed by atoms with Gasteiger partial charge < -0.3 is 10.4 Å². The zero-order valence-electron chi connectivity index (χ0n) is 13.8. The lowest BCUT2D eigenvalue weighted by Crippen LogP contribution is -2.44. The smallest absolute Gasteiger partial charge is 0.220 e. The molecule has 0 radical (unpaired) electrons. The highest BCUT2D eigenvalue weighted by Crippen LogP contribution is 2.16. The number of aryl methyl sites for hydroxylation is 1. The average Bonchev–Trinajstić information content (AvgIpc) is 3.09. The van der Waals surface area contributed by atoms with Crippen LogP contribution in [0.2, 0.25) is 0 Å². The Morgan fingerprint density at radius 2 is 1.92 bits per heavy atom. The van der Waals surface area contributed by atoms with E-state index in [1.165, 1.54) is 5.56 Å². The third kappa shape index (κ3) is 5.08. The Balaban J connectivity index is 1.36. The number of phenolic OH excluding ortho intramolecular Hbond substituents is 1. The van der Waals surface area contributed by atoms with Crippen molar-refractivity contribution in [2.24, 2.45) is 0 Å². The molecule has 0 unspecified atom stereocenters. The van der Waals surface area contributed by atoms with Gasteiger partial charge in [-0.3, -0.25) is 9.69 Å². The summed E-state index contributed by atoms with van der Waals surface area (Å²) in [4.78, 5) is 14.6. The third-order valence-electron chi connectivity index (χ3n) is 4.52. The lowest BCUT2D eigenvalue weighted by Gasteiger charge is -2.32. The summed E-state index contributed by atoms with van der Waals surface area (Å²) in [7, 11) is 0. The fourth-order valence-corrected chi connectivity index (χ4v) is 3.76. The van der Waals surface area contributed by atoms with Crippen LogP contribution in [0.4, 0.5) is 0 Å². The van der Waals surface area contributed by atoms with Crippen LogP contribution in [-0.2, 0) is 17.8 Å². The Morgan fingerprint density at radius 3 is 2.58 bits per heavy atom. The van der Waals surface area contributed by atoms with Gasteiger partial charge in [0.2, 0.25) is 5.91 Å². The molecule has 1 fully saturated rings. The monoisotopic (exact) mass is 344 g/mol. The van der Waals surface area contributed by atoms with Crippen molar-refractivity contribution in [2.45, 2.75) is 38.3 Å². The van der Waals surface area contributed by atoms with Gasteiger partial charge in [0.15, 0.2) is 0 Å². The number of nitrogens with one attached hydrogen (secondary N) is 1. The van der Waals surface area contributed by atoms with Gasteiger partial charge in [0.1, 0.15) is 5.75 Å². The predicted octanol–water partition coefficient (Wildman–Crippen LogP) is 3.17. The quantitative estimate of drug-likeness (QED) is 0.846. The van der Waals surface area contributed by atoms with Gasteiger partial charge >= 0.3 is 0 Å². The van der Waals surface area contributed by atoms with Crippen molar-refractivity contribution >= 4 is 17.2 Å².